The topological polar surface area (TPSA) is 3.24 Å². The normalized spacial score (nSPS) is 12.2. The summed E-state index contributed by atoms with van der Waals surface area (Å²) in [6.45, 7) is 11.0. The molecule has 102 valence electrons. The van der Waals surface area contributed by atoms with Gasteiger partial charge in [0, 0.05) is 19.0 Å². The van der Waals surface area contributed by atoms with E-state index in [1.54, 1.807) is 0 Å². The van der Waals surface area contributed by atoms with Crippen molar-refractivity contribution < 1.29 is 0 Å². The molecule has 0 N–H and O–H groups in total. The predicted molar refractivity (Wildman–Crippen MR) is 81.8 cm³/mol. The number of likely N-dealkylation sites (N-methyl/N-ethyl adjacent to an activating group) is 1. The van der Waals surface area contributed by atoms with Crippen LogP contribution in [0.5, 0.6) is 0 Å². The molecule has 0 heterocycles. The quantitative estimate of drug-likeness (QED) is 0.729. The highest BCUT2D eigenvalue weighted by Gasteiger charge is 2.14. The van der Waals surface area contributed by atoms with Gasteiger partial charge in [-0.1, -0.05) is 39.0 Å². The molecule has 0 bridgehead atoms. The van der Waals surface area contributed by atoms with Crippen LogP contribution in [0.15, 0.2) is 18.2 Å². The summed E-state index contributed by atoms with van der Waals surface area (Å²) in [5.74, 6) is 0.706. The maximum Gasteiger partial charge on any atom is 0.0351 e. The zero-order valence-electron chi connectivity index (χ0n) is 12.4. The summed E-state index contributed by atoms with van der Waals surface area (Å²) in [6, 6.07) is 6.86. The van der Waals surface area contributed by atoms with Gasteiger partial charge >= 0.3 is 0 Å². The van der Waals surface area contributed by atoms with Crippen LogP contribution in [0, 0.1) is 6.92 Å². The van der Waals surface area contributed by atoms with Crippen molar-refractivity contribution in [2.24, 2.45) is 0 Å². The molecule has 0 saturated carbocycles. The summed E-state index contributed by atoms with van der Waals surface area (Å²) >= 11 is 5.75. The molecule has 0 aromatic heterocycles. The van der Waals surface area contributed by atoms with Crippen molar-refractivity contribution >= 4 is 11.6 Å². The fourth-order valence-electron chi connectivity index (χ4n) is 1.97. The van der Waals surface area contributed by atoms with Gasteiger partial charge < -0.3 is 4.90 Å². The Bertz CT molecular complexity index is 379. The highest BCUT2D eigenvalue weighted by Crippen LogP contribution is 2.24. The number of halogens is 1. The van der Waals surface area contributed by atoms with E-state index in [9.17, 15) is 0 Å². The van der Waals surface area contributed by atoms with Gasteiger partial charge in [0.2, 0.25) is 0 Å². The molecular formula is C16H26ClN. The number of hydrogen-bond acceptors (Lipinski definition) is 1. The Hall–Kier alpha value is -0.530. The summed E-state index contributed by atoms with van der Waals surface area (Å²) in [7, 11) is 2.13. The summed E-state index contributed by atoms with van der Waals surface area (Å²) in [5.41, 5.74) is 4.50. The number of hydrogen-bond donors (Lipinski definition) is 0. The zero-order chi connectivity index (χ0) is 13.8. The molecule has 0 fully saturated rings. The van der Waals surface area contributed by atoms with Crippen molar-refractivity contribution in [2.75, 3.05) is 26.0 Å². The Labute approximate surface area is 117 Å². The van der Waals surface area contributed by atoms with Gasteiger partial charge in [-0.15, -0.1) is 11.6 Å². The Balaban J connectivity index is 2.76. The van der Waals surface area contributed by atoms with Crippen molar-refractivity contribution in [1.82, 2.24) is 4.90 Å². The summed E-state index contributed by atoms with van der Waals surface area (Å²) in [4.78, 5) is 2.29. The molecule has 0 unspecified atom stereocenters. The molecule has 2 heteroatoms. The van der Waals surface area contributed by atoms with E-state index in [0.29, 0.717) is 5.88 Å². The first-order valence-corrected chi connectivity index (χ1v) is 7.22. The minimum atomic E-state index is 0.227. The summed E-state index contributed by atoms with van der Waals surface area (Å²) < 4.78 is 0. The zero-order valence-corrected chi connectivity index (χ0v) is 13.1. The third kappa shape index (κ3) is 4.62. The van der Waals surface area contributed by atoms with Crippen LogP contribution >= 0.6 is 11.6 Å². The van der Waals surface area contributed by atoms with E-state index in [1.165, 1.54) is 16.7 Å². The largest absolute Gasteiger partial charge is 0.305 e. The van der Waals surface area contributed by atoms with Crippen LogP contribution < -0.4 is 0 Å². The van der Waals surface area contributed by atoms with Crippen LogP contribution in [0.3, 0.4) is 0 Å². The Morgan fingerprint density at radius 3 is 2.39 bits per heavy atom. The average molecular weight is 268 g/mol. The van der Waals surface area contributed by atoms with Gasteiger partial charge in [-0.3, -0.25) is 0 Å². The third-order valence-electron chi connectivity index (χ3n) is 3.44. The van der Waals surface area contributed by atoms with E-state index >= 15 is 0 Å². The fourth-order valence-corrected chi connectivity index (χ4v) is 2.26. The monoisotopic (exact) mass is 267 g/mol. The second-order valence-corrected chi connectivity index (χ2v) is 6.51. The van der Waals surface area contributed by atoms with Crippen LogP contribution in [0.1, 0.15) is 37.5 Å². The van der Waals surface area contributed by atoms with Gasteiger partial charge in [-0.2, -0.15) is 0 Å². The minimum absolute atomic E-state index is 0.227. The molecule has 0 amide bonds. The highest BCUT2D eigenvalue weighted by atomic mass is 35.5. The number of benzene rings is 1. The standard InChI is InChI=1S/C16H26ClN/c1-13-6-7-15(16(2,3)4)12-14(13)8-10-18(5)11-9-17/h6-7,12H,8-11H2,1-5H3. The second-order valence-electron chi connectivity index (χ2n) is 6.13. The highest BCUT2D eigenvalue weighted by molar-refractivity contribution is 6.18. The molecule has 0 saturated heterocycles. The summed E-state index contributed by atoms with van der Waals surface area (Å²) in [5, 5.41) is 0. The van der Waals surface area contributed by atoms with Crippen molar-refractivity contribution in [3.05, 3.63) is 34.9 Å². The number of aryl methyl sites for hydroxylation is 1. The van der Waals surface area contributed by atoms with E-state index in [0.717, 1.165) is 19.5 Å². The smallest absolute Gasteiger partial charge is 0.0351 e. The summed E-state index contributed by atoms with van der Waals surface area (Å²) in [6.07, 6.45) is 1.10. The van der Waals surface area contributed by atoms with Gasteiger partial charge in [0.25, 0.3) is 0 Å². The van der Waals surface area contributed by atoms with Crippen molar-refractivity contribution in [2.45, 2.75) is 39.5 Å². The second kappa shape index (κ2) is 6.58. The molecule has 18 heavy (non-hydrogen) atoms. The van der Waals surface area contributed by atoms with Crippen LogP contribution in [0.2, 0.25) is 0 Å². The molecule has 0 aliphatic rings. The minimum Gasteiger partial charge on any atom is -0.305 e. The third-order valence-corrected chi connectivity index (χ3v) is 3.61. The average Bonchev–Trinajstić information content (AvgIpc) is 2.26. The van der Waals surface area contributed by atoms with E-state index in [-0.39, 0.29) is 5.41 Å². The van der Waals surface area contributed by atoms with Gasteiger partial charge in [0.1, 0.15) is 0 Å². The molecule has 0 aliphatic carbocycles. The Kier molecular flexibility index (Phi) is 5.68. The lowest BCUT2D eigenvalue weighted by atomic mass is 9.85. The lowest BCUT2D eigenvalue weighted by molar-refractivity contribution is 0.359. The van der Waals surface area contributed by atoms with Crippen LogP contribution in [0.25, 0.3) is 0 Å². The first kappa shape index (κ1) is 15.5. The molecule has 1 aromatic rings. The first-order valence-electron chi connectivity index (χ1n) is 6.69. The number of nitrogens with zero attached hydrogens (tertiary/aromatic N) is 1. The van der Waals surface area contributed by atoms with Gasteiger partial charge in [0.05, 0.1) is 0 Å². The maximum atomic E-state index is 5.75. The molecule has 1 rings (SSSR count). The first-order chi connectivity index (χ1) is 8.34. The molecule has 0 radical (unpaired) electrons. The SMILES string of the molecule is Cc1ccc(C(C)(C)C)cc1CCN(C)CCCl. The van der Waals surface area contributed by atoms with Gasteiger partial charge in [-0.25, -0.2) is 0 Å². The van der Waals surface area contributed by atoms with Crippen LogP contribution in [0.4, 0.5) is 0 Å². The lowest BCUT2D eigenvalue weighted by Crippen LogP contribution is -2.23. The molecule has 0 aliphatic heterocycles. The molecule has 1 nitrogen and oxygen atoms in total. The van der Waals surface area contributed by atoms with Crippen molar-refractivity contribution in [3.63, 3.8) is 0 Å². The van der Waals surface area contributed by atoms with E-state index in [2.05, 4.69) is 57.8 Å². The molecule has 1 aromatic carbocycles. The van der Waals surface area contributed by atoms with E-state index in [1.807, 2.05) is 0 Å². The van der Waals surface area contributed by atoms with Crippen LogP contribution in [-0.2, 0) is 11.8 Å². The van der Waals surface area contributed by atoms with Gasteiger partial charge in [-0.05, 0) is 42.5 Å². The van der Waals surface area contributed by atoms with Gasteiger partial charge in [0.15, 0.2) is 0 Å². The maximum absolute atomic E-state index is 5.75. The molecular weight excluding hydrogens is 242 g/mol. The Morgan fingerprint density at radius 2 is 1.83 bits per heavy atom. The van der Waals surface area contributed by atoms with Crippen molar-refractivity contribution in [1.29, 1.82) is 0 Å². The van der Waals surface area contributed by atoms with E-state index < -0.39 is 0 Å². The Morgan fingerprint density at radius 1 is 1.17 bits per heavy atom. The predicted octanol–water partition coefficient (Wildman–Crippen LogP) is 4.01. The van der Waals surface area contributed by atoms with Crippen LogP contribution in [-0.4, -0.2) is 30.9 Å². The molecule has 0 spiro atoms. The molecule has 0 atom stereocenters. The number of rotatable bonds is 5. The fraction of sp³-hybridized carbons (Fsp3) is 0.625. The van der Waals surface area contributed by atoms with E-state index in [4.69, 9.17) is 11.6 Å². The van der Waals surface area contributed by atoms with Crippen molar-refractivity contribution in [3.8, 4) is 0 Å². The number of alkyl halides is 1. The lowest BCUT2D eigenvalue weighted by Gasteiger charge is -2.22.